The van der Waals surface area contributed by atoms with Crippen LogP contribution in [0.25, 0.3) is 0 Å². The molecule has 0 aliphatic heterocycles. The average molecular weight is 447 g/mol. The molecular weight excluding hydrogens is 447 g/mol. The molecule has 8 heteroatoms. The maximum absolute atomic E-state index is 3.77. The van der Waals surface area contributed by atoms with E-state index in [2.05, 4.69) is 73.2 Å². The van der Waals surface area contributed by atoms with Gasteiger partial charge >= 0.3 is 49.9 Å². The van der Waals surface area contributed by atoms with Crippen molar-refractivity contribution < 1.29 is 70.9 Å². The summed E-state index contributed by atoms with van der Waals surface area (Å²) < 4.78 is 0. The van der Waals surface area contributed by atoms with E-state index in [1.54, 1.807) is 0 Å². The van der Waals surface area contributed by atoms with Crippen LogP contribution >= 0.6 is 21.1 Å². The Labute approximate surface area is 113 Å². The van der Waals surface area contributed by atoms with Crippen LogP contribution in [0.5, 0.6) is 0 Å². The Hall–Kier alpha value is 3.56. The predicted octanol–water partition coefficient (Wildman–Crippen LogP) is 1.28. The Kier molecular flexibility index (Phi) is 286. The Morgan fingerprint density at radius 1 is 0.750 bits per heavy atom. The van der Waals surface area contributed by atoms with E-state index in [0.29, 0.717) is 0 Å². The van der Waals surface area contributed by atoms with Crippen LogP contribution in [0.2, 0.25) is 0 Å². The van der Waals surface area contributed by atoms with E-state index >= 15 is 0 Å². The second kappa shape index (κ2) is 76.2. The van der Waals surface area contributed by atoms with Gasteiger partial charge in [-0.1, -0.05) is 0 Å². The number of rotatable bonds is 0. The summed E-state index contributed by atoms with van der Waals surface area (Å²) in [5, 5.41) is 0. The van der Waals surface area contributed by atoms with Crippen molar-refractivity contribution in [2.75, 3.05) is 0 Å². The summed E-state index contributed by atoms with van der Waals surface area (Å²) in [6.45, 7) is 0. The SMILES string of the molecule is [Mo].[Mo].[S-][S-].[S]=[Cu].[S]=[Cu]. The first-order valence-electron chi connectivity index (χ1n) is 0.413. The summed E-state index contributed by atoms with van der Waals surface area (Å²) in [6, 6.07) is 0. The fraction of sp³-hybridized carbons (Fsp3) is 0. The summed E-state index contributed by atoms with van der Waals surface area (Å²) in [4.78, 5) is 0. The van der Waals surface area contributed by atoms with Gasteiger partial charge in [0.15, 0.2) is 0 Å². The number of hydrogen-bond acceptors (Lipinski definition) is 4. The summed E-state index contributed by atoms with van der Waals surface area (Å²) in [5.41, 5.74) is 0. The van der Waals surface area contributed by atoms with E-state index in [1.807, 2.05) is 0 Å². The molecule has 0 radical (unpaired) electrons. The molecule has 0 aromatic heterocycles. The van der Waals surface area contributed by atoms with Crippen LogP contribution in [0.15, 0.2) is 0 Å². The molecule has 0 saturated carbocycles. The van der Waals surface area contributed by atoms with Crippen LogP contribution in [-0.2, 0) is 94.2 Å². The fourth-order valence-electron chi connectivity index (χ4n) is 0. The molecule has 0 nitrogen and oxygen atoms in total. The molecule has 0 atom stereocenters. The molecule has 0 N–H and O–H groups in total. The third-order valence-electron chi connectivity index (χ3n) is 0. The first-order chi connectivity index (χ1) is 3.00. The van der Waals surface area contributed by atoms with E-state index < -0.39 is 0 Å². The molecule has 0 rings (SSSR count). The topological polar surface area (TPSA) is 0 Å². The van der Waals surface area contributed by atoms with Crippen LogP contribution in [-0.4, -0.2) is 0 Å². The first-order valence-corrected chi connectivity index (χ1v) is 4.55. The third kappa shape index (κ3) is 55.3. The molecule has 0 amide bonds. The van der Waals surface area contributed by atoms with E-state index in [-0.39, 0.29) is 42.1 Å². The second-order valence-electron chi connectivity index (χ2n) is 0. The Morgan fingerprint density at radius 3 is 0.750 bits per heavy atom. The summed E-state index contributed by atoms with van der Waals surface area (Å²) >= 11 is 14.9. The maximum atomic E-state index is 3.77. The van der Waals surface area contributed by atoms with Crippen molar-refractivity contribution in [2.45, 2.75) is 0 Å². The van der Waals surface area contributed by atoms with E-state index in [0.717, 1.165) is 0 Å². The van der Waals surface area contributed by atoms with Crippen LogP contribution in [0.4, 0.5) is 0 Å². The zero-order valence-corrected chi connectivity index (χ0v) is 12.2. The van der Waals surface area contributed by atoms with Gasteiger partial charge < -0.3 is 23.3 Å². The summed E-state index contributed by atoms with van der Waals surface area (Å²) in [6.07, 6.45) is 0. The molecule has 0 aliphatic rings. The van der Waals surface area contributed by atoms with Crippen molar-refractivity contribution in [3.05, 3.63) is 0 Å². The van der Waals surface area contributed by atoms with Gasteiger partial charge in [-0.05, 0) is 0 Å². The molecule has 0 bridgehead atoms. The molecule has 0 unspecified atom stereocenters. The third-order valence-corrected chi connectivity index (χ3v) is 0. The van der Waals surface area contributed by atoms with Crippen molar-refractivity contribution in [1.82, 2.24) is 0 Å². The molecule has 0 aliphatic carbocycles. The van der Waals surface area contributed by atoms with Gasteiger partial charge in [0.2, 0.25) is 0 Å². The van der Waals surface area contributed by atoms with Crippen LogP contribution < -0.4 is 0 Å². The zero-order valence-electron chi connectivity index (χ0n) is 3.05. The van der Waals surface area contributed by atoms with Crippen molar-refractivity contribution in [3.63, 3.8) is 0 Å². The molecule has 60 valence electrons. The predicted molar refractivity (Wildman–Crippen MR) is 29.9 cm³/mol. The van der Waals surface area contributed by atoms with E-state index in [1.165, 1.54) is 0 Å². The van der Waals surface area contributed by atoms with Gasteiger partial charge in [0.05, 0.1) is 0 Å². The van der Waals surface area contributed by atoms with Crippen molar-refractivity contribution >= 4 is 44.4 Å². The zero-order chi connectivity index (χ0) is 6.00. The summed E-state index contributed by atoms with van der Waals surface area (Å²) in [7, 11) is 7.29. The van der Waals surface area contributed by atoms with Crippen molar-refractivity contribution in [2.24, 2.45) is 0 Å². The average Bonchev–Trinajstić information content (AvgIpc) is 1.81. The molecular formula is Cu2Mo2S4-2. The quantitative estimate of drug-likeness (QED) is 0.312. The van der Waals surface area contributed by atoms with E-state index in [9.17, 15) is 0 Å². The van der Waals surface area contributed by atoms with Crippen molar-refractivity contribution in [1.29, 1.82) is 0 Å². The Bertz CT molecular complexity index is 14.0. The molecule has 0 fully saturated rings. The first kappa shape index (κ1) is 30.0. The van der Waals surface area contributed by atoms with Crippen LogP contribution in [0.1, 0.15) is 0 Å². The minimum atomic E-state index is 0. The van der Waals surface area contributed by atoms with Gasteiger partial charge in [-0.3, -0.25) is 0 Å². The summed E-state index contributed by atoms with van der Waals surface area (Å²) in [5.74, 6) is 0. The van der Waals surface area contributed by atoms with Gasteiger partial charge in [-0.2, -0.15) is 0 Å². The molecule has 0 heterocycles. The minimum absolute atomic E-state index is 0. The van der Waals surface area contributed by atoms with Gasteiger partial charge in [0.1, 0.15) is 0 Å². The molecule has 0 aromatic carbocycles. The molecule has 0 saturated heterocycles. The fourth-order valence-corrected chi connectivity index (χ4v) is 0. The van der Waals surface area contributed by atoms with E-state index in [4.69, 9.17) is 0 Å². The van der Waals surface area contributed by atoms with Gasteiger partial charge in [-0.25, -0.2) is 0 Å². The van der Waals surface area contributed by atoms with Crippen LogP contribution in [0.3, 0.4) is 0 Å². The molecule has 0 aromatic rings. The van der Waals surface area contributed by atoms with Gasteiger partial charge in [0.25, 0.3) is 0 Å². The Balaban J connectivity index is -0.00000000500. The monoisotopic (exact) mass is 450 g/mol. The van der Waals surface area contributed by atoms with Gasteiger partial charge in [-0.15, -0.1) is 0 Å². The molecule has 0 spiro atoms. The standard InChI is InChI=1S/2Cu.2Mo.S2.2S/c;;;;1-2;;/q;;;;-2;;. The van der Waals surface area contributed by atoms with Crippen LogP contribution in [0, 0.1) is 0 Å². The normalized spacial score (nSPS) is 2.25. The number of hydrogen-bond donors (Lipinski definition) is 0. The van der Waals surface area contributed by atoms with Gasteiger partial charge in [0, 0.05) is 42.1 Å². The molecule has 8 heavy (non-hydrogen) atoms. The second-order valence-corrected chi connectivity index (χ2v) is 0. The van der Waals surface area contributed by atoms with Crippen molar-refractivity contribution in [3.8, 4) is 0 Å². The Morgan fingerprint density at radius 2 is 0.750 bits per heavy atom.